The van der Waals surface area contributed by atoms with Crippen molar-refractivity contribution in [2.75, 3.05) is 173 Å². The Morgan fingerprint density at radius 2 is 0.628 bits per heavy atom. The molecule has 14 nitrogen and oxygen atoms in total. The van der Waals surface area contributed by atoms with Crippen molar-refractivity contribution in [2.24, 2.45) is 0 Å². The quantitative estimate of drug-likeness (QED) is 0.0537. The maximum absolute atomic E-state index is 10.8. The van der Waals surface area contributed by atoms with Gasteiger partial charge in [0.15, 0.2) is 0 Å². The molecule has 0 aliphatic rings. The topological polar surface area (TPSA) is 131 Å². The average Bonchev–Trinajstić information content (AvgIpc) is 3.00. The summed E-state index contributed by atoms with van der Waals surface area (Å²) < 4.78 is 64.5. The number of carbonyl (C=O) groups excluding carboxylic acids is 1. The molecule has 0 saturated carbocycles. The standard InChI is InChI=1S/C29H57NO13/c1-4-29(31)43-28-27-42-26-25-41-24-23-40-22-21-39-20-19-38-18-17-37-16-15-36-14-13-35-12-11-34-10-9-33-8-7-32-6-5-30(2)3/h4H,1,5-28H2,2-3H3. The molecule has 256 valence electrons. The van der Waals surface area contributed by atoms with Crippen molar-refractivity contribution in [1.82, 2.24) is 4.90 Å². The van der Waals surface area contributed by atoms with Crippen molar-refractivity contribution in [3.8, 4) is 0 Å². The summed E-state index contributed by atoms with van der Waals surface area (Å²) in [5, 5.41) is 0. The van der Waals surface area contributed by atoms with Crippen LogP contribution in [-0.4, -0.2) is 183 Å². The Hall–Kier alpha value is -1.27. The number of esters is 1. The molecule has 0 aromatic carbocycles. The van der Waals surface area contributed by atoms with Gasteiger partial charge in [0.2, 0.25) is 0 Å². The Balaban J connectivity index is 3.05. The van der Waals surface area contributed by atoms with Crippen LogP contribution in [-0.2, 0) is 61.6 Å². The lowest BCUT2D eigenvalue weighted by molar-refractivity contribution is -0.139. The van der Waals surface area contributed by atoms with Crippen molar-refractivity contribution in [1.29, 1.82) is 0 Å². The molecule has 0 atom stereocenters. The van der Waals surface area contributed by atoms with Gasteiger partial charge in [-0.05, 0) is 14.1 Å². The van der Waals surface area contributed by atoms with Gasteiger partial charge in [-0.25, -0.2) is 4.79 Å². The molecule has 43 heavy (non-hydrogen) atoms. The van der Waals surface area contributed by atoms with E-state index in [-0.39, 0.29) is 6.61 Å². The number of hydrogen-bond acceptors (Lipinski definition) is 14. The van der Waals surface area contributed by atoms with E-state index in [1.165, 1.54) is 0 Å². The van der Waals surface area contributed by atoms with Crippen molar-refractivity contribution in [3.63, 3.8) is 0 Å². The van der Waals surface area contributed by atoms with Crippen LogP contribution in [0.25, 0.3) is 0 Å². The molecule has 0 N–H and O–H groups in total. The summed E-state index contributed by atoms with van der Waals surface area (Å²) in [6, 6.07) is 0. The first-order valence-electron chi connectivity index (χ1n) is 15.0. The molecule has 0 aliphatic heterocycles. The van der Waals surface area contributed by atoms with Crippen LogP contribution < -0.4 is 0 Å². The number of nitrogens with zero attached hydrogens (tertiary/aromatic N) is 1. The summed E-state index contributed by atoms with van der Waals surface area (Å²) in [6.45, 7) is 15.6. The third kappa shape index (κ3) is 38.7. The van der Waals surface area contributed by atoms with E-state index in [4.69, 9.17) is 56.8 Å². The fraction of sp³-hybridized carbons (Fsp3) is 0.897. The van der Waals surface area contributed by atoms with Gasteiger partial charge in [0.25, 0.3) is 0 Å². The molecule has 0 amide bonds. The van der Waals surface area contributed by atoms with Gasteiger partial charge >= 0.3 is 5.97 Å². The lowest BCUT2D eigenvalue weighted by Gasteiger charge is -2.10. The lowest BCUT2D eigenvalue weighted by Crippen LogP contribution is -2.19. The molecule has 0 aromatic rings. The highest BCUT2D eigenvalue weighted by molar-refractivity contribution is 5.81. The Morgan fingerprint density at radius 3 is 0.837 bits per heavy atom. The van der Waals surface area contributed by atoms with Gasteiger partial charge in [-0.15, -0.1) is 0 Å². The smallest absolute Gasteiger partial charge is 0.330 e. The molecule has 0 aromatic heterocycles. The summed E-state index contributed by atoms with van der Waals surface area (Å²) in [5.41, 5.74) is 0. The van der Waals surface area contributed by atoms with Crippen molar-refractivity contribution in [2.45, 2.75) is 0 Å². The first-order chi connectivity index (χ1) is 21.2. The maximum atomic E-state index is 10.8. The molecule has 0 spiro atoms. The van der Waals surface area contributed by atoms with Crippen molar-refractivity contribution < 1.29 is 61.6 Å². The molecule has 0 fully saturated rings. The highest BCUT2D eigenvalue weighted by Crippen LogP contribution is 1.88. The van der Waals surface area contributed by atoms with Crippen LogP contribution >= 0.6 is 0 Å². The predicted molar refractivity (Wildman–Crippen MR) is 159 cm³/mol. The van der Waals surface area contributed by atoms with Gasteiger partial charge in [-0.1, -0.05) is 6.58 Å². The number of ether oxygens (including phenoxy) is 12. The number of likely N-dealkylation sites (N-methyl/N-ethyl adjacent to an activating group) is 1. The van der Waals surface area contributed by atoms with Crippen LogP contribution in [0.3, 0.4) is 0 Å². The van der Waals surface area contributed by atoms with Crippen LogP contribution in [0.4, 0.5) is 0 Å². The summed E-state index contributed by atoms with van der Waals surface area (Å²) in [4.78, 5) is 12.9. The zero-order valence-corrected chi connectivity index (χ0v) is 26.5. The van der Waals surface area contributed by atoms with Gasteiger partial charge in [0, 0.05) is 12.6 Å². The van der Waals surface area contributed by atoms with E-state index in [9.17, 15) is 4.79 Å². The molecular weight excluding hydrogens is 570 g/mol. The van der Waals surface area contributed by atoms with E-state index < -0.39 is 5.97 Å². The minimum atomic E-state index is -0.458. The van der Waals surface area contributed by atoms with E-state index in [0.717, 1.165) is 12.6 Å². The second-order valence-electron chi connectivity index (χ2n) is 8.91. The molecule has 0 bridgehead atoms. The summed E-state index contributed by atoms with van der Waals surface area (Å²) in [6.07, 6.45) is 1.11. The van der Waals surface area contributed by atoms with Crippen molar-refractivity contribution >= 4 is 5.97 Å². The van der Waals surface area contributed by atoms with Crippen LogP contribution in [0.1, 0.15) is 0 Å². The monoisotopic (exact) mass is 627 g/mol. The summed E-state index contributed by atoms with van der Waals surface area (Å²) in [5.74, 6) is -0.458. The molecule has 0 aliphatic carbocycles. The minimum absolute atomic E-state index is 0.199. The van der Waals surface area contributed by atoms with Crippen LogP contribution in [0, 0.1) is 0 Å². The first kappa shape index (κ1) is 41.7. The molecule has 0 radical (unpaired) electrons. The molecule has 14 heteroatoms. The first-order valence-corrected chi connectivity index (χ1v) is 15.0. The Bertz CT molecular complexity index is 572. The zero-order valence-electron chi connectivity index (χ0n) is 26.5. The maximum Gasteiger partial charge on any atom is 0.330 e. The van der Waals surface area contributed by atoms with Gasteiger partial charge in [-0.3, -0.25) is 0 Å². The molecule has 0 saturated heterocycles. The fourth-order valence-corrected chi connectivity index (χ4v) is 2.81. The largest absolute Gasteiger partial charge is 0.460 e. The number of hydrogen-bond donors (Lipinski definition) is 0. The minimum Gasteiger partial charge on any atom is -0.460 e. The van der Waals surface area contributed by atoms with Crippen LogP contribution in [0.2, 0.25) is 0 Å². The normalized spacial score (nSPS) is 11.4. The average molecular weight is 628 g/mol. The van der Waals surface area contributed by atoms with Crippen molar-refractivity contribution in [3.05, 3.63) is 12.7 Å². The zero-order chi connectivity index (χ0) is 31.3. The summed E-state index contributed by atoms with van der Waals surface area (Å²) >= 11 is 0. The highest BCUT2D eigenvalue weighted by Gasteiger charge is 1.97. The van der Waals surface area contributed by atoms with Gasteiger partial charge in [-0.2, -0.15) is 0 Å². The van der Waals surface area contributed by atoms with Crippen LogP contribution in [0.15, 0.2) is 12.7 Å². The van der Waals surface area contributed by atoms with E-state index in [1.54, 1.807) is 0 Å². The molecule has 0 unspecified atom stereocenters. The van der Waals surface area contributed by atoms with E-state index >= 15 is 0 Å². The third-order valence-electron chi connectivity index (χ3n) is 5.04. The summed E-state index contributed by atoms with van der Waals surface area (Å²) in [7, 11) is 4.03. The lowest BCUT2D eigenvalue weighted by atomic mass is 10.6. The predicted octanol–water partition coefficient (Wildman–Crippen LogP) is 0.460. The third-order valence-corrected chi connectivity index (χ3v) is 5.04. The van der Waals surface area contributed by atoms with Gasteiger partial charge in [0.05, 0.1) is 145 Å². The molecular formula is C29H57NO13. The Morgan fingerprint density at radius 1 is 0.419 bits per heavy atom. The second kappa shape index (κ2) is 36.9. The van der Waals surface area contributed by atoms with E-state index in [1.807, 2.05) is 14.1 Å². The number of rotatable bonds is 37. The second-order valence-corrected chi connectivity index (χ2v) is 8.91. The number of carbonyl (C=O) groups is 1. The Kier molecular flexibility index (Phi) is 35.8. The molecule has 0 heterocycles. The van der Waals surface area contributed by atoms with Gasteiger partial charge in [0.1, 0.15) is 6.61 Å². The van der Waals surface area contributed by atoms with Crippen LogP contribution in [0.5, 0.6) is 0 Å². The highest BCUT2D eigenvalue weighted by atomic mass is 16.6. The SMILES string of the molecule is C=CC(=O)OCCOCCOCCOCCOCCOCCOCCOCCOCCOCCOCCOCCN(C)C. The molecule has 0 rings (SSSR count). The van der Waals surface area contributed by atoms with Gasteiger partial charge < -0.3 is 61.7 Å². The van der Waals surface area contributed by atoms with E-state index in [2.05, 4.69) is 11.5 Å². The van der Waals surface area contributed by atoms with E-state index in [0.29, 0.717) is 145 Å². The Labute approximate surface area is 258 Å². The fourth-order valence-electron chi connectivity index (χ4n) is 2.81.